The fourth-order valence-corrected chi connectivity index (χ4v) is 5.07. The molecule has 3 heterocycles. The number of nitrogens with one attached hydrogen (secondary N) is 1. The Kier molecular flexibility index (Phi) is 6.99. The number of amides is 1. The van der Waals surface area contributed by atoms with Gasteiger partial charge in [-0.3, -0.25) is 15.1 Å². The summed E-state index contributed by atoms with van der Waals surface area (Å²) in [6.07, 6.45) is 1.71. The highest BCUT2D eigenvalue weighted by Gasteiger charge is 2.14. The molecule has 36 heavy (non-hydrogen) atoms. The second-order valence-electron chi connectivity index (χ2n) is 8.20. The van der Waals surface area contributed by atoms with Crippen LogP contribution in [0.3, 0.4) is 0 Å². The van der Waals surface area contributed by atoms with E-state index in [2.05, 4.69) is 20.2 Å². The van der Waals surface area contributed by atoms with Gasteiger partial charge in [0.2, 0.25) is 0 Å². The van der Waals surface area contributed by atoms with Gasteiger partial charge in [0.1, 0.15) is 18.1 Å². The summed E-state index contributed by atoms with van der Waals surface area (Å²) >= 11 is 2.88. The second kappa shape index (κ2) is 10.5. The van der Waals surface area contributed by atoms with Crippen LogP contribution in [-0.4, -0.2) is 55.1 Å². The number of anilines is 1. The Morgan fingerprint density at radius 3 is 2.72 bits per heavy atom. The number of carbonyl (C=O) groups is 1. The van der Waals surface area contributed by atoms with Gasteiger partial charge in [0.15, 0.2) is 16.6 Å². The molecule has 1 amide bonds. The van der Waals surface area contributed by atoms with Crippen molar-refractivity contribution < 1.29 is 19.0 Å². The van der Waals surface area contributed by atoms with E-state index in [9.17, 15) is 4.79 Å². The number of methoxy groups -OCH3 is 1. The molecule has 0 spiro atoms. The molecule has 0 saturated carbocycles. The van der Waals surface area contributed by atoms with Gasteiger partial charge in [-0.15, -0.1) is 0 Å². The molecule has 0 aliphatic heterocycles. The molecule has 0 aliphatic carbocycles. The van der Waals surface area contributed by atoms with E-state index in [1.807, 2.05) is 61.3 Å². The van der Waals surface area contributed by atoms with Crippen molar-refractivity contribution in [1.29, 1.82) is 0 Å². The van der Waals surface area contributed by atoms with Gasteiger partial charge in [-0.25, -0.2) is 4.98 Å². The number of benzene rings is 2. The highest BCUT2D eigenvalue weighted by Crippen LogP contribution is 2.38. The summed E-state index contributed by atoms with van der Waals surface area (Å²) in [5.41, 5.74) is 2.15. The Hall–Kier alpha value is -3.73. The fraction of sp³-hybridized carbons (Fsp3) is 0.192. The van der Waals surface area contributed by atoms with E-state index in [1.54, 1.807) is 19.4 Å². The summed E-state index contributed by atoms with van der Waals surface area (Å²) in [4.78, 5) is 23.4. The van der Waals surface area contributed by atoms with Crippen LogP contribution >= 0.6 is 22.7 Å². The van der Waals surface area contributed by atoms with Crippen molar-refractivity contribution in [3.05, 3.63) is 65.0 Å². The molecule has 3 aromatic heterocycles. The molecule has 0 radical (unpaired) electrons. The van der Waals surface area contributed by atoms with Crippen molar-refractivity contribution in [1.82, 2.24) is 14.9 Å². The predicted molar refractivity (Wildman–Crippen MR) is 144 cm³/mol. The number of ether oxygens (including phenoxy) is 3. The van der Waals surface area contributed by atoms with E-state index in [1.165, 1.54) is 22.7 Å². The minimum atomic E-state index is -0.172. The van der Waals surface area contributed by atoms with Gasteiger partial charge < -0.3 is 19.1 Å². The van der Waals surface area contributed by atoms with Gasteiger partial charge in [-0.2, -0.15) is 11.3 Å². The van der Waals surface area contributed by atoms with Crippen LogP contribution < -0.4 is 19.5 Å². The van der Waals surface area contributed by atoms with Crippen LogP contribution in [0.4, 0.5) is 5.13 Å². The zero-order chi connectivity index (χ0) is 25.1. The number of pyridine rings is 1. The molecule has 1 N–H and O–H groups in total. The van der Waals surface area contributed by atoms with Gasteiger partial charge in [0, 0.05) is 35.6 Å². The molecule has 0 fully saturated rings. The molecular weight excluding hydrogens is 496 g/mol. The lowest BCUT2D eigenvalue weighted by Crippen LogP contribution is -2.19. The van der Waals surface area contributed by atoms with E-state index < -0.39 is 0 Å². The topological polar surface area (TPSA) is 85.8 Å². The number of likely N-dealkylation sites (N-methyl/N-ethyl adjacent to an activating group) is 1. The molecule has 0 aliphatic rings. The van der Waals surface area contributed by atoms with Crippen LogP contribution in [0.1, 0.15) is 10.4 Å². The maximum absolute atomic E-state index is 12.4. The average molecular weight is 521 g/mol. The SMILES string of the molecule is COc1cc2c(Oc3ccc4nc(NC(=O)c5ccsc5)sc4c3)ccnc2cc1OCCN(C)C. The third-order valence-electron chi connectivity index (χ3n) is 5.37. The van der Waals surface area contributed by atoms with Gasteiger partial charge in [-0.05, 0) is 49.8 Å². The van der Waals surface area contributed by atoms with Crippen LogP contribution in [0.15, 0.2) is 59.4 Å². The van der Waals surface area contributed by atoms with Crippen LogP contribution in [0, 0.1) is 0 Å². The first-order valence-electron chi connectivity index (χ1n) is 11.2. The Morgan fingerprint density at radius 2 is 1.94 bits per heavy atom. The van der Waals surface area contributed by atoms with Crippen LogP contribution in [0.25, 0.3) is 21.1 Å². The van der Waals surface area contributed by atoms with Crippen LogP contribution in [-0.2, 0) is 0 Å². The van der Waals surface area contributed by atoms with Crippen molar-refractivity contribution in [2.45, 2.75) is 0 Å². The predicted octanol–water partition coefficient (Wildman–Crippen LogP) is 5.90. The zero-order valence-corrected chi connectivity index (χ0v) is 21.6. The lowest BCUT2D eigenvalue weighted by Gasteiger charge is -2.15. The maximum Gasteiger partial charge on any atom is 0.258 e. The molecule has 0 bridgehead atoms. The maximum atomic E-state index is 12.4. The molecule has 0 saturated heterocycles. The number of fused-ring (bicyclic) bond motifs is 2. The number of thiophene rings is 1. The van der Waals surface area contributed by atoms with E-state index in [4.69, 9.17) is 14.2 Å². The number of carbonyl (C=O) groups excluding carboxylic acids is 1. The first-order valence-corrected chi connectivity index (χ1v) is 12.9. The number of rotatable bonds is 9. The Balaban J connectivity index is 1.38. The Morgan fingerprint density at radius 1 is 1.06 bits per heavy atom. The summed E-state index contributed by atoms with van der Waals surface area (Å²) in [5.74, 6) is 2.38. The summed E-state index contributed by atoms with van der Waals surface area (Å²) < 4.78 is 18.7. The number of thiazole rings is 1. The van der Waals surface area contributed by atoms with E-state index in [0.29, 0.717) is 40.3 Å². The normalized spacial score (nSPS) is 11.2. The smallest absolute Gasteiger partial charge is 0.258 e. The highest BCUT2D eigenvalue weighted by molar-refractivity contribution is 7.22. The van der Waals surface area contributed by atoms with Crippen molar-refractivity contribution in [3.63, 3.8) is 0 Å². The molecule has 0 unspecified atom stereocenters. The number of nitrogens with zero attached hydrogens (tertiary/aromatic N) is 3. The zero-order valence-electron chi connectivity index (χ0n) is 20.0. The molecule has 5 aromatic rings. The monoisotopic (exact) mass is 520 g/mol. The molecule has 184 valence electrons. The minimum Gasteiger partial charge on any atom is -0.493 e. The highest BCUT2D eigenvalue weighted by atomic mass is 32.1. The first kappa shape index (κ1) is 24.0. The lowest BCUT2D eigenvalue weighted by molar-refractivity contribution is 0.102. The Bertz CT molecular complexity index is 1520. The number of hydrogen-bond donors (Lipinski definition) is 1. The summed E-state index contributed by atoms with van der Waals surface area (Å²) in [7, 11) is 5.61. The molecular formula is C26H24N4O4S2. The molecule has 2 aromatic carbocycles. The fourth-order valence-electron chi connectivity index (χ4n) is 3.54. The standard InChI is InChI=1S/C26H24N4O4S2/c1-30(2)9-10-33-23-14-20-18(13-22(23)32-3)21(6-8-27-20)34-17-4-5-19-24(12-17)36-26(28-19)29-25(31)16-7-11-35-15-16/h4-8,11-15H,9-10H2,1-3H3,(H,28,29,31). The first-order chi connectivity index (χ1) is 17.5. The molecule has 5 rings (SSSR count). The van der Waals surface area contributed by atoms with Crippen molar-refractivity contribution >= 4 is 54.8 Å². The minimum absolute atomic E-state index is 0.172. The van der Waals surface area contributed by atoms with E-state index in [0.717, 1.165) is 27.7 Å². The van der Waals surface area contributed by atoms with Gasteiger partial charge in [-0.1, -0.05) is 11.3 Å². The van der Waals surface area contributed by atoms with E-state index in [-0.39, 0.29) is 5.91 Å². The third-order valence-corrected chi connectivity index (χ3v) is 6.99. The van der Waals surface area contributed by atoms with Crippen molar-refractivity contribution in [3.8, 4) is 23.0 Å². The van der Waals surface area contributed by atoms with Crippen LogP contribution in [0.2, 0.25) is 0 Å². The summed E-state index contributed by atoms with van der Waals surface area (Å²) in [6, 6.07) is 13.0. The van der Waals surface area contributed by atoms with Crippen molar-refractivity contribution in [2.24, 2.45) is 0 Å². The van der Waals surface area contributed by atoms with Crippen molar-refractivity contribution in [2.75, 3.05) is 39.7 Å². The van der Waals surface area contributed by atoms with Gasteiger partial charge in [0.05, 0.1) is 28.4 Å². The number of aromatic nitrogens is 2. The molecule has 10 heteroatoms. The van der Waals surface area contributed by atoms with Crippen LogP contribution in [0.5, 0.6) is 23.0 Å². The largest absolute Gasteiger partial charge is 0.493 e. The van der Waals surface area contributed by atoms with E-state index >= 15 is 0 Å². The quantitative estimate of drug-likeness (QED) is 0.259. The Labute approximate surface area is 216 Å². The summed E-state index contributed by atoms with van der Waals surface area (Å²) in [5, 5.41) is 7.89. The summed E-state index contributed by atoms with van der Waals surface area (Å²) in [6.45, 7) is 1.33. The average Bonchev–Trinajstić information content (AvgIpc) is 3.53. The third kappa shape index (κ3) is 5.25. The second-order valence-corrected chi connectivity index (χ2v) is 10.0. The van der Waals surface area contributed by atoms with Gasteiger partial charge >= 0.3 is 0 Å². The molecule has 0 atom stereocenters. The number of hydrogen-bond acceptors (Lipinski definition) is 9. The molecule has 8 nitrogen and oxygen atoms in total. The van der Waals surface area contributed by atoms with Gasteiger partial charge in [0.25, 0.3) is 5.91 Å². The lowest BCUT2D eigenvalue weighted by atomic mass is 10.2.